The second-order valence-corrected chi connectivity index (χ2v) is 4.73. The molecule has 1 aliphatic rings. The van der Waals surface area contributed by atoms with Crippen molar-refractivity contribution in [2.24, 2.45) is 5.92 Å². The molecule has 2 unspecified atom stereocenters. The highest BCUT2D eigenvalue weighted by Crippen LogP contribution is 2.20. The highest BCUT2D eigenvalue weighted by atomic mass is 19.1. The Morgan fingerprint density at radius 1 is 1.35 bits per heavy atom. The summed E-state index contributed by atoms with van der Waals surface area (Å²) in [5.74, 6) is 0.284. The summed E-state index contributed by atoms with van der Waals surface area (Å²) < 4.78 is 12.9. The van der Waals surface area contributed by atoms with Crippen molar-refractivity contribution in [2.45, 2.75) is 13.0 Å². The summed E-state index contributed by atoms with van der Waals surface area (Å²) in [7, 11) is 0. The van der Waals surface area contributed by atoms with Crippen LogP contribution in [0.15, 0.2) is 24.3 Å². The Kier molecular flexibility index (Phi) is 3.97. The van der Waals surface area contributed by atoms with Gasteiger partial charge >= 0.3 is 0 Å². The number of anilines is 1. The van der Waals surface area contributed by atoms with E-state index in [-0.39, 0.29) is 18.5 Å². The predicted molar refractivity (Wildman–Crippen MR) is 66.7 cm³/mol. The van der Waals surface area contributed by atoms with Crippen molar-refractivity contribution in [2.75, 3.05) is 31.1 Å². The zero-order valence-electron chi connectivity index (χ0n) is 10.1. The average Bonchev–Trinajstić information content (AvgIpc) is 2.51. The summed E-state index contributed by atoms with van der Waals surface area (Å²) in [5, 5.41) is 12.8. The molecule has 1 heterocycles. The molecule has 0 bridgehead atoms. The lowest BCUT2D eigenvalue weighted by molar-refractivity contribution is 0.259. The van der Waals surface area contributed by atoms with E-state index in [1.807, 2.05) is 0 Å². The lowest BCUT2D eigenvalue weighted by atomic mass is 10.1. The number of aliphatic hydroxyl groups is 1. The number of aliphatic hydroxyl groups excluding tert-OH is 1. The van der Waals surface area contributed by atoms with Gasteiger partial charge in [-0.05, 0) is 36.7 Å². The van der Waals surface area contributed by atoms with Crippen LogP contribution in [0.25, 0.3) is 0 Å². The molecule has 2 rings (SSSR count). The third-order valence-electron chi connectivity index (χ3n) is 3.19. The monoisotopic (exact) mass is 238 g/mol. The molecular weight excluding hydrogens is 219 g/mol. The van der Waals surface area contributed by atoms with Crippen LogP contribution in [-0.4, -0.2) is 37.4 Å². The van der Waals surface area contributed by atoms with Crippen LogP contribution in [-0.2, 0) is 0 Å². The van der Waals surface area contributed by atoms with Gasteiger partial charge in [-0.2, -0.15) is 0 Å². The van der Waals surface area contributed by atoms with E-state index < -0.39 is 0 Å². The van der Waals surface area contributed by atoms with Crippen molar-refractivity contribution in [3.8, 4) is 0 Å². The zero-order chi connectivity index (χ0) is 12.3. The molecule has 1 aromatic carbocycles. The minimum absolute atomic E-state index is 0.0606. The lowest BCUT2D eigenvalue weighted by Crippen LogP contribution is -2.42. The van der Waals surface area contributed by atoms with Gasteiger partial charge in [-0.25, -0.2) is 4.39 Å². The van der Waals surface area contributed by atoms with E-state index in [1.54, 1.807) is 12.1 Å². The molecule has 1 fully saturated rings. The van der Waals surface area contributed by atoms with Gasteiger partial charge in [0.2, 0.25) is 0 Å². The van der Waals surface area contributed by atoms with E-state index in [9.17, 15) is 9.50 Å². The largest absolute Gasteiger partial charge is 0.394 e. The van der Waals surface area contributed by atoms with Crippen molar-refractivity contribution >= 4 is 5.69 Å². The molecule has 1 aromatic rings. The number of hydrogen-bond donors (Lipinski definition) is 2. The minimum atomic E-state index is -0.227. The Balaban J connectivity index is 2.21. The Labute approximate surface area is 101 Å². The third-order valence-corrected chi connectivity index (χ3v) is 3.19. The Hall–Kier alpha value is -1.13. The molecule has 17 heavy (non-hydrogen) atoms. The first-order chi connectivity index (χ1) is 8.20. The van der Waals surface area contributed by atoms with Crippen LogP contribution in [0.2, 0.25) is 0 Å². The summed E-state index contributed by atoms with van der Waals surface area (Å²) in [5.41, 5.74) is 0.973. The maximum absolute atomic E-state index is 12.9. The van der Waals surface area contributed by atoms with Gasteiger partial charge in [0.05, 0.1) is 12.6 Å². The van der Waals surface area contributed by atoms with Crippen LogP contribution in [0.5, 0.6) is 0 Å². The van der Waals surface area contributed by atoms with Gasteiger partial charge < -0.3 is 15.3 Å². The molecule has 0 spiro atoms. The maximum Gasteiger partial charge on any atom is 0.123 e. The van der Waals surface area contributed by atoms with Crippen molar-refractivity contribution in [3.05, 3.63) is 30.1 Å². The second kappa shape index (κ2) is 5.47. The molecule has 2 N–H and O–H groups in total. The molecule has 1 saturated heterocycles. The molecule has 0 amide bonds. The van der Waals surface area contributed by atoms with E-state index in [2.05, 4.69) is 17.1 Å². The molecule has 1 aliphatic heterocycles. The van der Waals surface area contributed by atoms with Gasteiger partial charge in [-0.3, -0.25) is 0 Å². The number of hydrogen-bond acceptors (Lipinski definition) is 3. The van der Waals surface area contributed by atoms with Crippen LogP contribution in [0, 0.1) is 11.7 Å². The van der Waals surface area contributed by atoms with Crippen LogP contribution in [0.3, 0.4) is 0 Å². The van der Waals surface area contributed by atoms with Gasteiger partial charge in [0.1, 0.15) is 5.82 Å². The molecule has 0 aromatic heterocycles. The maximum atomic E-state index is 12.9. The van der Waals surface area contributed by atoms with Crippen LogP contribution in [0.4, 0.5) is 10.1 Å². The van der Waals surface area contributed by atoms with Crippen LogP contribution in [0.1, 0.15) is 6.92 Å². The standard InChI is InChI=1S/C13H19FN2O/c1-10-6-15-7-13(9-17)16(8-10)12-4-2-11(14)3-5-12/h2-5,10,13,15,17H,6-9H2,1H3. The number of nitrogens with zero attached hydrogens (tertiary/aromatic N) is 1. The molecular formula is C13H19FN2O. The zero-order valence-corrected chi connectivity index (χ0v) is 10.1. The first-order valence-electron chi connectivity index (χ1n) is 6.04. The Bertz CT molecular complexity index is 355. The molecule has 3 nitrogen and oxygen atoms in total. The van der Waals surface area contributed by atoms with Crippen molar-refractivity contribution < 1.29 is 9.50 Å². The van der Waals surface area contributed by atoms with Gasteiger partial charge in [0.25, 0.3) is 0 Å². The normalized spacial score (nSPS) is 25.7. The minimum Gasteiger partial charge on any atom is -0.394 e. The van der Waals surface area contributed by atoms with E-state index in [0.29, 0.717) is 5.92 Å². The molecule has 2 atom stereocenters. The van der Waals surface area contributed by atoms with E-state index >= 15 is 0 Å². The number of nitrogens with one attached hydrogen (secondary N) is 1. The van der Waals surface area contributed by atoms with Crippen molar-refractivity contribution in [3.63, 3.8) is 0 Å². The number of halogens is 1. The molecule has 0 aliphatic carbocycles. The van der Waals surface area contributed by atoms with E-state index in [0.717, 1.165) is 25.3 Å². The van der Waals surface area contributed by atoms with Gasteiger partial charge in [-0.1, -0.05) is 6.92 Å². The molecule has 0 radical (unpaired) electrons. The average molecular weight is 238 g/mol. The van der Waals surface area contributed by atoms with Gasteiger partial charge in [-0.15, -0.1) is 0 Å². The van der Waals surface area contributed by atoms with E-state index in [1.165, 1.54) is 12.1 Å². The Morgan fingerprint density at radius 3 is 2.71 bits per heavy atom. The predicted octanol–water partition coefficient (Wildman–Crippen LogP) is 1.23. The molecule has 4 heteroatoms. The van der Waals surface area contributed by atoms with Crippen molar-refractivity contribution in [1.82, 2.24) is 5.32 Å². The number of rotatable bonds is 2. The quantitative estimate of drug-likeness (QED) is 0.813. The van der Waals surface area contributed by atoms with E-state index in [4.69, 9.17) is 0 Å². The fourth-order valence-electron chi connectivity index (χ4n) is 2.27. The summed E-state index contributed by atoms with van der Waals surface area (Å²) in [4.78, 5) is 2.16. The summed E-state index contributed by atoms with van der Waals surface area (Å²) in [6.45, 7) is 4.87. The fourth-order valence-corrected chi connectivity index (χ4v) is 2.27. The summed E-state index contributed by atoms with van der Waals surface area (Å²) in [6.07, 6.45) is 0. The molecule has 94 valence electrons. The second-order valence-electron chi connectivity index (χ2n) is 4.73. The lowest BCUT2D eigenvalue weighted by Gasteiger charge is -2.31. The van der Waals surface area contributed by atoms with Crippen LogP contribution >= 0.6 is 0 Å². The highest BCUT2D eigenvalue weighted by Gasteiger charge is 2.23. The summed E-state index contributed by atoms with van der Waals surface area (Å²) >= 11 is 0. The van der Waals surface area contributed by atoms with Gasteiger partial charge in [0, 0.05) is 18.8 Å². The van der Waals surface area contributed by atoms with Gasteiger partial charge in [0.15, 0.2) is 0 Å². The Morgan fingerprint density at radius 2 is 2.06 bits per heavy atom. The fraction of sp³-hybridized carbons (Fsp3) is 0.538. The van der Waals surface area contributed by atoms with Crippen LogP contribution < -0.4 is 10.2 Å². The first-order valence-corrected chi connectivity index (χ1v) is 6.04. The van der Waals surface area contributed by atoms with Crippen molar-refractivity contribution in [1.29, 1.82) is 0 Å². The smallest absolute Gasteiger partial charge is 0.123 e. The third kappa shape index (κ3) is 2.96. The molecule has 0 saturated carbocycles. The summed E-state index contributed by atoms with van der Waals surface area (Å²) in [6, 6.07) is 6.54. The first kappa shape index (κ1) is 12.3. The SMILES string of the molecule is CC1CNCC(CO)N(c2ccc(F)cc2)C1. The highest BCUT2D eigenvalue weighted by molar-refractivity contribution is 5.47. The topological polar surface area (TPSA) is 35.5 Å². The number of benzene rings is 1.